The maximum absolute atomic E-state index is 12.2. The Kier molecular flexibility index (Phi) is 6.56. The number of hydrogen-bond acceptors (Lipinski definition) is 5. The first-order valence-corrected chi connectivity index (χ1v) is 9.36. The minimum Gasteiger partial charge on any atom is -0.493 e. The van der Waals surface area contributed by atoms with Gasteiger partial charge >= 0.3 is 0 Å². The Morgan fingerprint density at radius 2 is 2.00 bits per heavy atom. The molecular formula is C19H27N3O2S. The molecular weight excluding hydrogens is 334 g/mol. The van der Waals surface area contributed by atoms with Crippen LogP contribution in [0.15, 0.2) is 29.6 Å². The number of nitrogens with zero attached hydrogens (tertiary/aromatic N) is 1. The van der Waals surface area contributed by atoms with Crippen molar-refractivity contribution in [1.82, 2.24) is 10.3 Å². The van der Waals surface area contributed by atoms with E-state index in [0.717, 1.165) is 16.3 Å². The number of hydrogen-bond donors (Lipinski definition) is 2. The van der Waals surface area contributed by atoms with Gasteiger partial charge in [-0.05, 0) is 23.6 Å². The quantitative estimate of drug-likeness (QED) is 0.756. The van der Waals surface area contributed by atoms with E-state index in [9.17, 15) is 4.79 Å². The summed E-state index contributed by atoms with van der Waals surface area (Å²) >= 11 is 1.40. The normalized spacial score (nSPS) is 11.6. The average Bonchev–Trinajstić information content (AvgIpc) is 3.07. The van der Waals surface area contributed by atoms with E-state index < -0.39 is 0 Å². The van der Waals surface area contributed by atoms with Gasteiger partial charge in [-0.25, -0.2) is 4.98 Å². The molecule has 0 spiro atoms. The molecule has 0 fully saturated rings. The van der Waals surface area contributed by atoms with Crippen LogP contribution in [0.2, 0.25) is 0 Å². The van der Waals surface area contributed by atoms with Gasteiger partial charge < -0.3 is 15.8 Å². The largest absolute Gasteiger partial charge is 0.493 e. The number of carbonyl (C=O) groups excluding carboxylic acids is 1. The molecule has 0 unspecified atom stereocenters. The summed E-state index contributed by atoms with van der Waals surface area (Å²) in [5.41, 5.74) is 6.92. The van der Waals surface area contributed by atoms with Gasteiger partial charge in [-0.3, -0.25) is 4.79 Å². The van der Waals surface area contributed by atoms with Crippen molar-refractivity contribution in [3.05, 3.63) is 45.9 Å². The van der Waals surface area contributed by atoms with E-state index in [1.807, 2.05) is 12.1 Å². The van der Waals surface area contributed by atoms with Crippen LogP contribution >= 0.6 is 11.3 Å². The molecule has 2 rings (SSSR count). The molecule has 6 heteroatoms. The van der Waals surface area contributed by atoms with Crippen molar-refractivity contribution in [2.24, 2.45) is 11.7 Å². The highest BCUT2D eigenvalue weighted by Crippen LogP contribution is 2.25. The Morgan fingerprint density at radius 3 is 2.56 bits per heavy atom. The summed E-state index contributed by atoms with van der Waals surface area (Å²) in [5, 5.41) is 5.47. The molecule has 0 aliphatic carbocycles. The zero-order chi connectivity index (χ0) is 18.4. The van der Waals surface area contributed by atoms with Crippen LogP contribution < -0.4 is 15.8 Å². The van der Waals surface area contributed by atoms with Gasteiger partial charge in [-0.2, -0.15) is 0 Å². The summed E-state index contributed by atoms with van der Waals surface area (Å²) in [6, 6.07) is 8.07. The smallest absolute Gasteiger partial charge is 0.270 e. The third kappa shape index (κ3) is 5.54. The van der Waals surface area contributed by atoms with Crippen molar-refractivity contribution in [3.8, 4) is 5.75 Å². The molecule has 1 amide bonds. The lowest BCUT2D eigenvalue weighted by molar-refractivity contribution is 0.0941. The van der Waals surface area contributed by atoms with Gasteiger partial charge in [0.2, 0.25) is 0 Å². The van der Waals surface area contributed by atoms with Gasteiger partial charge in [0.25, 0.3) is 5.91 Å². The first-order chi connectivity index (χ1) is 11.8. The fraction of sp³-hybridized carbons (Fsp3) is 0.474. The lowest BCUT2D eigenvalue weighted by Crippen LogP contribution is -2.36. The lowest BCUT2D eigenvalue weighted by Gasteiger charge is -2.25. The molecule has 0 atom stereocenters. The predicted octanol–water partition coefficient (Wildman–Crippen LogP) is 3.34. The average molecular weight is 362 g/mol. The molecule has 5 nitrogen and oxygen atoms in total. The maximum atomic E-state index is 12.2. The molecule has 0 saturated heterocycles. The van der Waals surface area contributed by atoms with Crippen molar-refractivity contribution in [2.75, 3.05) is 13.2 Å². The second-order valence-electron chi connectivity index (χ2n) is 7.13. The standard InChI is InChI=1S/C19H27N3O2S/c1-13(2)10-24-15-7-5-14(6-8-15)19(3,4)12-21-18(23)16-11-25-17(9-20)22-16/h5-8,11,13H,9-10,12,20H2,1-4H3,(H,21,23). The minimum atomic E-state index is -0.195. The topological polar surface area (TPSA) is 77.2 Å². The fourth-order valence-corrected chi connectivity index (χ4v) is 2.92. The highest BCUT2D eigenvalue weighted by molar-refractivity contribution is 7.09. The van der Waals surface area contributed by atoms with E-state index in [0.29, 0.717) is 31.3 Å². The van der Waals surface area contributed by atoms with Crippen molar-refractivity contribution < 1.29 is 9.53 Å². The molecule has 1 aromatic heterocycles. The predicted molar refractivity (Wildman–Crippen MR) is 102 cm³/mol. The number of benzene rings is 1. The van der Waals surface area contributed by atoms with E-state index >= 15 is 0 Å². The molecule has 1 heterocycles. The highest BCUT2D eigenvalue weighted by Gasteiger charge is 2.22. The minimum absolute atomic E-state index is 0.166. The molecule has 1 aromatic carbocycles. The van der Waals surface area contributed by atoms with E-state index in [1.165, 1.54) is 11.3 Å². The summed E-state index contributed by atoms with van der Waals surface area (Å²) in [7, 11) is 0. The molecule has 0 radical (unpaired) electrons. The molecule has 3 N–H and O–H groups in total. The van der Waals surface area contributed by atoms with Crippen LogP contribution in [-0.4, -0.2) is 24.0 Å². The SMILES string of the molecule is CC(C)COc1ccc(C(C)(C)CNC(=O)c2csc(CN)n2)cc1. The van der Waals surface area contributed by atoms with Crippen LogP contribution in [0, 0.1) is 5.92 Å². The number of aromatic nitrogens is 1. The lowest BCUT2D eigenvalue weighted by atomic mass is 9.84. The van der Waals surface area contributed by atoms with Crippen LogP contribution in [0.5, 0.6) is 5.75 Å². The van der Waals surface area contributed by atoms with Crippen LogP contribution in [0.3, 0.4) is 0 Å². The van der Waals surface area contributed by atoms with Crippen molar-refractivity contribution in [2.45, 2.75) is 39.7 Å². The summed E-state index contributed by atoms with van der Waals surface area (Å²) in [6.07, 6.45) is 0. The summed E-state index contributed by atoms with van der Waals surface area (Å²) in [4.78, 5) is 16.4. The molecule has 0 aliphatic rings. The zero-order valence-corrected chi connectivity index (χ0v) is 16.2. The Balaban J connectivity index is 1.94. The first-order valence-electron chi connectivity index (χ1n) is 8.48. The Hall–Kier alpha value is -1.92. The molecule has 25 heavy (non-hydrogen) atoms. The molecule has 0 bridgehead atoms. The van der Waals surface area contributed by atoms with Gasteiger partial charge in [0.15, 0.2) is 0 Å². The summed E-state index contributed by atoms with van der Waals surface area (Å²) < 4.78 is 5.72. The van der Waals surface area contributed by atoms with Gasteiger partial charge in [0.1, 0.15) is 16.5 Å². The summed E-state index contributed by atoms with van der Waals surface area (Å²) in [6.45, 7) is 10.0. The number of nitrogens with one attached hydrogen (secondary N) is 1. The van der Waals surface area contributed by atoms with Crippen LogP contribution in [0.1, 0.15) is 48.8 Å². The number of thiazole rings is 1. The first kappa shape index (κ1) is 19.4. The molecule has 136 valence electrons. The fourth-order valence-electron chi connectivity index (χ4n) is 2.27. The molecule has 2 aromatic rings. The van der Waals surface area contributed by atoms with Crippen LogP contribution in [-0.2, 0) is 12.0 Å². The monoisotopic (exact) mass is 361 g/mol. The number of ether oxygens (including phenoxy) is 1. The van der Waals surface area contributed by atoms with Gasteiger partial charge in [-0.1, -0.05) is 39.8 Å². The van der Waals surface area contributed by atoms with Gasteiger partial charge in [-0.15, -0.1) is 11.3 Å². The van der Waals surface area contributed by atoms with Crippen LogP contribution in [0.4, 0.5) is 0 Å². The highest BCUT2D eigenvalue weighted by atomic mass is 32.1. The maximum Gasteiger partial charge on any atom is 0.270 e. The number of amides is 1. The molecule has 0 saturated carbocycles. The van der Waals surface area contributed by atoms with E-state index in [-0.39, 0.29) is 11.3 Å². The Labute approximate surface area is 153 Å². The Morgan fingerprint density at radius 1 is 1.32 bits per heavy atom. The van der Waals surface area contributed by atoms with Crippen molar-refractivity contribution >= 4 is 17.2 Å². The summed E-state index contributed by atoms with van der Waals surface area (Å²) in [5.74, 6) is 1.20. The Bertz CT molecular complexity index is 693. The number of nitrogens with two attached hydrogens (primary N) is 1. The third-order valence-corrected chi connectivity index (χ3v) is 4.74. The second kappa shape index (κ2) is 8.45. The third-order valence-electron chi connectivity index (χ3n) is 3.87. The molecule has 0 aliphatic heterocycles. The zero-order valence-electron chi connectivity index (χ0n) is 15.3. The van der Waals surface area contributed by atoms with Gasteiger partial charge in [0, 0.05) is 23.9 Å². The van der Waals surface area contributed by atoms with Gasteiger partial charge in [0.05, 0.1) is 6.61 Å². The van der Waals surface area contributed by atoms with Crippen molar-refractivity contribution in [1.29, 1.82) is 0 Å². The number of carbonyl (C=O) groups is 1. The second-order valence-corrected chi connectivity index (χ2v) is 8.07. The number of rotatable bonds is 8. The van der Waals surface area contributed by atoms with E-state index in [2.05, 4.69) is 50.1 Å². The van der Waals surface area contributed by atoms with Crippen LogP contribution in [0.25, 0.3) is 0 Å². The van der Waals surface area contributed by atoms with E-state index in [1.54, 1.807) is 5.38 Å². The van der Waals surface area contributed by atoms with Crippen molar-refractivity contribution in [3.63, 3.8) is 0 Å². The van der Waals surface area contributed by atoms with E-state index in [4.69, 9.17) is 10.5 Å².